The first-order chi connectivity index (χ1) is 13.9. The Kier molecular flexibility index (Phi) is 6.63. The predicted octanol–water partition coefficient (Wildman–Crippen LogP) is 5.91. The molecule has 0 radical (unpaired) electrons. The van der Waals surface area contributed by atoms with E-state index in [0.29, 0.717) is 11.5 Å². The fourth-order valence-electron chi connectivity index (χ4n) is 3.65. The highest BCUT2D eigenvalue weighted by Gasteiger charge is 2.47. The van der Waals surface area contributed by atoms with Crippen LogP contribution in [-0.2, 0) is 14.4 Å². The zero-order chi connectivity index (χ0) is 22.2. The van der Waals surface area contributed by atoms with Gasteiger partial charge in [0.25, 0.3) is 0 Å². The molecule has 1 saturated heterocycles. The third-order valence-electron chi connectivity index (χ3n) is 6.66. The van der Waals surface area contributed by atoms with Gasteiger partial charge in [0.2, 0.25) is 10.0 Å². The molecule has 1 aliphatic heterocycles. The number of rotatable bonds is 7. The number of nitrogens with zero attached hydrogens (tertiary/aromatic N) is 1. The van der Waals surface area contributed by atoms with Gasteiger partial charge in [-0.3, -0.25) is 0 Å². The standard InChI is InChI=1S/C24H35NO3SSi/c1-19-12-14-22(15-13-19)29(26,27)25-21(16-17-28-30(5,6)24(2,3)4)18-23(25)20-10-8-7-9-11-20/h7-15,21,23H,16-18H2,1-6H3/t21-,23+/m0/s1. The summed E-state index contributed by atoms with van der Waals surface area (Å²) in [4.78, 5) is 0.365. The summed E-state index contributed by atoms with van der Waals surface area (Å²) in [5, 5.41) is 0.146. The molecule has 0 N–H and O–H groups in total. The van der Waals surface area contributed by atoms with E-state index in [1.165, 1.54) is 0 Å². The summed E-state index contributed by atoms with van der Waals surface area (Å²) in [6.07, 6.45) is 1.55. The number of sulfonamides is 1. The van der Waals surface area contributed by atoms with E-state index >= 15 is 0 Å². The molecule has 1 aliphatic rings. The Bertz CT molecular complexity index is 950. The lowest BCUT2D eigenvalue weighted by atomic mass is 9.89. The highest BCUT2D eigenvalue weighted by atomic mass is 32.2. The van der Waals surface area contributed by atoms with Crippen LogP contribution >= 0.6 is 0 Å². The Balaban J connectivity index is 1.81. The lowest BCUT2D eigenvalue weighted by Gasteiger charge is -2.48. The molecule has 0 unspecified atom stereocenters. The second-order valence-electron chi connectivity index (χ2n) is 9.86. The van der Waals surface area contributed by atoms with E-state index < -0.39 is 18.3 Å². The number of hydrogen-bond acceptors (Lipinski definition) is 3. The van der Waals surface area contributed by atoms with Crippen LogP contribution in [0.25, 0.3) is 0 Å². The molecule has 0 spiro atoms. The molecule has 0 amide bonds. The lowest BCUT2D eigenvalue weighted by molar-refractivity contribution is 0.0872. The van der Waals surface area contributed by atoms with Gasteiger partial charge in [-0.2, -0.15) is 4.31 Å². The first-order valence-corrected chi connectivity index (χ1v) is 15.1. The Labute approximate surface area is 183 Å². The van der Waals surface area contributed by atoms with Crippen LogP contribution in [-0.4, -0.2) is 33.7 Å². The molecular formula is C24H35NO3SSi. The Hall–Kier alpha value is -1.47. The average molecular weight is 446 g/mol. The van der Waals surface area contributed by atoms with Crippen molar-refractivity contribution in [3.63, 3.8) is 0 Å². The Morgan fingerprint density at radius 1 is 1.03 bits per heavy atom. The van der Waals surface area contributed by atoms with Crippen LogP contribution in [0.5, 0.6) is 0 Å². The SMILES string of the molecule is Cc1ccc(S(=O)(=O)N2[C@@H](CCO[Si](C)(C)C(C)(C)C)C[C@@H]2c2ccccc2)cc1. The fourth-order valence-corrected chi connectivity index (χ4v) is 6.56. The zero-order valence-corrected chi connectivity index (χ0v) is 20.9. The molecular weight excluding hydrogens is 410 g/mol. The maximum Gasteiger partial charge on any atom is 0.243 e. The van der Waals surface area contributed by atoms with Crippen LogP contribution in [0.15, 0.2) is 59.5 Å². The van der Waals surface area contributed by atoms with Crippen LogP contribution in [0.1, 0.15) is 50.8 Å². The molecule has 6 heteroatoms. The van der Waals surface area contributed by atoms with Crippen LogP contribution in [0.4, 0.5) is 0 Å². The van der Waals surface area contributed by atoms with Gasteiger partial charge in [-0.05, 0) is 55.6 Å². The summed E-state index contributed by atoms with van der Waals surface area (Å²) in [6.45, 7) is 13.7. The van der Waals surface area contributed by atoms with Crippen molar-refractivity contribution in [3.05, 3.63) is 65.7 Å². The Morgan fingerprint density at radius 2 is 1.63 bits per heavy atom. The Morgan fingerprint density at radius 3 is 2.20 bits per heavy atom. The van der Waals surface area contributed by atoms with Gasteiger partial charge in [-0.25, -0.2) is 8.42 Å². The van der Waals surface area contributed by atoms with Crippen LogP contribution in [0.3, 0.4) is 0 Å². The molecule has 30 heavy (non-hydrogen) atoms. The molecule has 4 nitrogen and oxygen atoms in total. The maximum atomic E-state index is 13.5. The van der Waals surface area contributed by atoms with Crippen molar-refractivity contribution in [2.75, 3.05) is 6.61 Å². The van der Waals surface area contributed by atoms with Crippen LogP contribution in [0.2, 0.25) is 18.1 Å². The average Bonchev–Trinajstić information content (AvgIpc) is 2.63. The van der Waals surface area contributed by atoms with E-state index in [2.05, 4.69) is 33.9 Å². The summed E-state index contributed by atoms with van der Waals surface area (Å²) in [7, 11) is -5.42. The van der Waals surface area contributed by atoms with Gasteiger partial charge in [0.15, 0.2) is 8.32 Å². The smallest absolute Gasteiger partial charge is 0.243 e. The maximum absolute atomic E-state index is 13.5. The summed E-state index contributed by atoms with van der Waals surface area (Å²) >= 11 is 0. The minimum absolute atomic E-state index is 0.0359. The third kappa shape index (κ3) is 4.72. The molecule has 3 rings (SSSR count). The van der Waals surface area contributed by atoms with E-state index in [9.17, 15) is 8.42 Å². The third-order valence-corrected chi connectivity index (χ3v) is 13.2. The first kappa shape index (κ1) is 23.2. The van der Waals surface area contributed by atoms with Crippen LogP contribution < -0.4 is 0 Å². The fraction of sp³-hybridized carbons (Fsp3) is 0.500. The molecule has 164 valence electrons. The van der Waals surface area contributed by atoms with Crippen molar-refractivity contribution in [1.82, 2.24) is 4.31 Å². The van der Waals surface area contributed by atoms with Gasteiger partial charge in [0.1, 0.15) is 0 Å². The number of hydrogen-bond donors (Lipinski definition) is 0. The molecule has 0 bridgehead atoms. The van der Waals surface area contributed by atoms with E-state index in [0.717, 1.165) is 24.0 Å². The summed E-state index contributed by atoms with van der Waals surface area (Å²) in [6, 6.07) is 16.9. The molecule has 0 aromatic heterocycles. The molecule has 1 heterocycles. The lowest BCUT2D eigenvalue weighted by Crippen LogP contribution is -2.54. The highest BCUT2D eigenvalue weighted by Crippen LogP contribution is 2.45. The molecule has 2 aromatic rings. The van der Waals surface area contributed by atoms with Gasteiger partial charge in [0.05, 0.1) is 10.9 Å². The second-order valence-corrected chi connectivity index (χ2v) is 16.5. The quantitative estimate of drug-likeness (QED) is 0.498. The predicted molar refractivity (Wildman–Crippen MR) is 126 cm³/mol. The summed E-state index contributed by atoms with van der Waals surface area (Å²) < 4.78 is 35.1. The van der Waals surface area contributed by atoms with E-state index in [4.69, 9.17) is 4.43 Å². The van der Waals surface area contributed by atoms with Crippen molar-refractivity contribution in [2.45, 2.75) is 75.6 Å². The summed E-state index contributed by atoms with van der Waals surface area (Å²) in [5.41, 5.74) is 2.10. The van der Waals surface area contributed by atoms with E-state index in [1.807, 2.05) is 49.4 Å². The van der Waals surface area contributed by atoms with Gasteiger partial charge in [-0.15, -0.1) is 0 Å². The molecule has 1 fully saturated rings. The normalized spacial score (nSPS) is 20.7. The monoisotopic (exact) mass is 445 g/mol. The van der Waals surface area contributed by atoms with Crippen molar-refractivity contribution in [3.8, 4) is 0 Å². The van der Waals surface area contributed by atoms with Crippen molar-refractivity contribution < 1.29 is 12.8 Å². The number of benzene rings is 2. The van der Waals surface area contributed by atoms with E-state index in [1.54, 1.807) is 16.4 Å². The molecule has 2 aromatic carbocycles. The first-order valence-electron chi connectivity index (χ1n) is 10.7. The molecule has 2 atom stereocenters. The number of aryl methyl sites for hydroxylation is 1. The zero-order valence-electron chi connectivity index (χ0n) is 19.1. The van der Waals surface area contributed by atoms with Gasteiger partial charge >= 0.3 is 0 Å². The summed E-state index contributed by atoms with van der Waals surface area (Å²) in [5.74, 6) is 0. The van der Waals surface area contributed by atoms with Crippen LogP contribution in [0, 0.1) is 6.92 Å². The van der Waals surface area contributed by atoms with Gasteiger partial charge in [0, 0.05) is 12.6 Å². The minimum atomic E-state index is -3.57. The van der Waals surface area contributed by atoms with Gasteiger partial charge < -0.3 is 4.43 Å². The topological polar surface area (TPSA) is 46.6 Å². The van der Waals surface area contributed by atoms with Gasteiger partial charge in [-0.1, -0.05) is 68.8 Å². The van der Waals surface area contributed by atoms with Crippen molar-refractivity contribution in [1.29, 1.82) is 0 Å². The van der Waals surface area contributed by atoms with Crippen molar-refractivity contribution >= 4 is 18.3 Å². The molecule has 0 aliphatic carbocycles. The van der Waals surface area contributed by atoms with Crippen molar-refractivity contribution in [2.24, 2.45) is 0 Å². The highest BCUT2D eigenvalue weighted by molar-refractivity contribution is 7.89. The molecule has 0 saturated carbocycles. The van der Waals surface area contributed by atoms with E-state index in [-0.39, 0.29) is 17.1 Å². The largest absolute Gasteiger partial charge is 0.417 e. The minimum Gasteiger partial charge on any atom is -0.417 e. The second kappa shape index (κ2) is 8.58.